The molecule has 1 atom stereocenters. The van der Waals surface area contributed by atoms with Crippen molar-refractivity contribution in [2.75, 3.05) is 0 Å². The smallest absolute Gasteiger partial charge is 0.0438 e. The Balaban J connectivity index is 3.25. The lowest BCUT2D eigenvalue weighted by atomic mass is 9.98. The van der Waals surface area contributed by atoms with E-state index in [-0.39, 0.29) is 0 Å². The first-order chi connectivity index (χ1) is 5.66. The normalized spacial score (nSPS) is 14.3. The molecule has 2 heteroatoms. The summed E-state index contributed by atoms with van der Waals surface area (Å²) >= 11 is 0. The van der Waals surface area contributed by atoms with Crippen molar-refractivity contribution in [1.29, 1.82) is 0 Å². The van der Waals surface area contributed by atoms with Gasteiger partial charge in [0.1, 0.15) is 0 Å². The number of nitrogens with zero attached hydrogens (tertiary/aromatic N) is 1. The maximum absolute atomic E-state index is 8.20. The van der Waals surface area contributed by atoms with Crippen LogP contribution in [0.25, 0.3) is 0 Å². The van der Waals surface area contributed by atoms with Crippen molar-refractivity contribution in [2.24, 2.45) is 17.0 Å². The fourth-order valence-electron chi connectivity index (χ4n) is 1.22. The van der Waals surface area contributed by atoms with E-state index in [1.165, 1.54) is 19.3 Å². The Hall–Kier alpha value is -0.530. The molecule has 2 nitrogen and oxygen atoms in total. The lowest BCUT2D eigenvalue weighted by molar-refractivity contribution is 0.319. The number of hydrogen-bond donors (Lipinski definition) is 1. The molecule has 0 aromatic rings. The van der Waals surface area contributed by atoms with Crippen molar-refractivity contribution in [3.8, 4) is 0 Å². The average molecular weight is 171 g/mol. The summed E-state index contributed by atoms with van der Waals surface area (Å²) in [6, 6.07) is 0. The van der Waals surface area contributed by atoms with E-state index in [0.29, 0.717) is 5.92 Å². The maximum atomic E-state index is 8.20. The van der Waals surface area contributed by atoms with Crippen LogP contribution in [-0.2, 0) is 0 Å². The molecular weight excluding hydrogens is 150 g/mol. The van der Waals surface area contributed by atoms with E-state index in [1.807, 2.05) is 0 Å². The largest absolute Gasteiger partial charge is 0.411 e. The summed E-state index contributed by atoms with van der Waals surface area (Å²) in [5, 5.41) is 11.2. The van der Waals surface area contributed by atoms with Crippen LogP contribution in [0.15, 0.2) is 5.16 Å². The minimum absolute atomic E-state index is 0.652. The molecule has 0 aliphatic carbocycles. The summed E-state index contributed by atoms with van der Waals surface area (Å²) < 4.78 is 0. The fourth-order valence-corrected chi connectivity index (χ4v) is 1.22. The molecule has 0 saturated heterocycles. The molecule has 0 saturated carbocycles. The molecule has 0 unspecified atom stereocenters. The molecule has 1 N–H and O–H groups in total. The van der Waals surface area contributed by atoms with Crippen molar-refractivity contribution in [3.63, 3.8) is 0 Å². The highest BCUT2D eigenvalue weighted by Crippen LogP contribution is 2.13. The molecule has 0 aliphatic rings. The second kappa shape index (κ2) is 7.14. The molecule has 0 aromatic heterocycles. The van der Waals surface area contributed by atoms with Gasteiger partial charge in [-0.25, -0.2) is 0 Å². The summed E-state index contributed by atoms with van der Waals surface area (Å²) in [6.07, 6.45) is 6.32. The summed E-state index contributed by atoms with van der Waals surface area (Å²) in [7, 11) is 0. The molecule has 12 heavy (non-hydrogen) atoms. The van der Waals surface area contributed by atoms with Gasteiger partial charge in [-0.05, 0) is 18.3 Å². The number of rotatable bonds is 6. The molecule has 0 fully saturated rings. The van der Waals surface area contributed by atoms with E-state index in [9.17, 15) is 0 Å². The molecule has 0 aliphatic heterocycles. The predicted molar refractivity (Wildman–Crippen MR) is 52.7 cm³/mol. The van der Waals surface area contributed by atoms with Gasteiger partial charge in [-0.15, -0.1) is 5.16 Å². The summed E-state index contributed by atoms with van der Waals surface area (Å²) in [4.78, 5) is 0. The van der Waals surface area contributed by atoms with Crippen LogP contribution in [0.1, 0.15) is 46.5 Å². The van der Waals surface area contributed by atoms with Crippen LogP contribution < -0.4 is 0 Å². The summed E-state index contributed by atoms with van der Waals surface area (Å²) in [5.74, 6) is 1.46. The lowest BCUT2D eigenvalue weighted by Crippen LogP contribution is -1.97. The highest BCUT2D eigenvalue weighted by molar-refractivity contribution is 5.56. The van der Waals surface area contributed by atoms with Gasteiger partial charge in [0.15, 0.2) is 0 Å². The van der Waals surface area contributed by atoms with Crippen LogP contribution in [0, 0.1) is 11.8 Å². The van der Waals surface area contributed by atoms with Gasteiger partial charge in [-0.2, -0.15) is 0 Å². The Bertz CT molecular complexity index is 121. The maximum Gasteiger partial charge on any atom is 0.0438 e. The van der Waals surface area contributed by atoms with Crippen LogP contribution in [0.3, 0.4) is 0 Å². The van der Waals surface area contributed by atoms with Crippen molar-refractivity contribution in [3.05, 3.63) is 0 Å². The van der Waals surface area contributed by atoms with Gasteiger partial charge in [0.2, 0.25) is 0 Å². The molecule has 0 aromatic carbocycles. The molecule has 0 bridgehead atoms. The van der Waals surface area contributed by atoms with Gasteiger partial charge in [0, 0.05) is 6.21 Å². The quantitative estimate of drug-likeness (QED) is 0.371. The monoisotopic (exact) mass is 171 g/mol. The number of oxime groups is 1. The Morgan fingerprint density at radius 3 is 2.42 bits per heavy atom. The Kier molecular flexibility index (Phi) is 6.82. The Morgan fingerprint density at radius 2 is 1.92 bits per heavy atom. The van der Waals surface area contributed by atoms with Gasteiger partial charge in [-0.1, -0.05) is 40.0 Å². The van der Waals surface area contributed by atoms with Crippen LogP contribution >= 0.6 is 0 Å². The van der Waals surface area contributed by atoms with Gasteiger partial charge in [0.25, 0.3) is 0 Å². The van der Waals surface area contributed by atoms with E-state index in [2.05, 4.69) is 25.9 Å². The topological polar surface area (TPSA) is 32.6 Å². The van der Waals surface area contributed by atoms with Crippen molar-refractivity contribution in [1.82, 2.24) is 0 Å². The number of hydrogen-bond acceptors (Lipinski definition) is 2. The molecule has 0 amide bonds. The molecule has 0 radical (unpaired) electrons. The first-order valence-electron chi connectivity index (χ1n) is 4.82. The second-order valence-electron chi connectivity index (χ2n) is 3.96. The predicted octanol–water partition coefficient (Wildman–Crippen LogP) is 3.30. The zero-order valence-electron chi connectivity index (χ0n) is 8.45. The lowest BCUT2D eigenvalue weighted by Gasteiger charge is -2.08. The zero-order valence-corrected chi connectivity index (χ0v) is 8.45. The van der Waals surface area contributed by atoms with Crippen LogP contribution in [-0.4, -0.2) is 11.4 Å². The van der Waals surface area contributed by atoms with Crippen LogP contribution in [0.5, 0.6) is 0 Å². The highest BCUT2D eigenvalue weighted by Gasteiger charge is 2.01. The van der Waals surface area contributed by atoms with Crippen molar-refractivity contribution < 1.29 is 5.21 Å². The van der Waals surface area contributed by atoms with E-state index < -0.39 is 0 Å². The van der Waals surface area contributed by atoms with Gasteiger partial charge in [-0.3, -0.25) is 0 Å². The van der Waals surface area contributed by atoms with E-state index in [0.717, 1.165) is 12.3 Å². The Morgan fingerprint density at radius 1 is 1.25 bits per heavy atom. The zero-order chi connectivity index (χ0) is 9.40. The summed E-state index contributed by atoms with van der Waals surface area (Å²) in [5.41, 5.74) is 0. The SMILES string of the molecule is CC(C)CCC[C@@H](C)C/C=N\O. The average Bonchev–Trinajstić information content (AvgIpc) is 2.00. The van der Waals surface area contributed by atoms with Crippen LogP contribution in [0.4, 0.5) is 0 Å². The van der Waals surface area contributed by atoms with E-state index in [4.69, 9.17) is 5.21 Å². The third kappa shape index (κ3) is 7.58. The highest BCUT2D eigenvalue weighted by atomic mass is 16.4. The molecule has 0 rings (SSSR count). The van der Waals surface area contributed by atoms with Crippen molar-refractivity contribution in [2.45, 2.75) is 46.5 Å². The molecular formula is C10H21NO. The molecule has 72 valence electrons. The second-order valence-corrected chi connectivity index (χ2v) is 3.96. The van der Waals surface area contributed by atoms with Crippen LogP contribution in [0.2, 0.25) is 0 Å². The first-order valence-corrected chi connectivity index (χ1v) is 4.82. The van der Waals surface area contributed by atoms with Gasteiger partial charge in [0.05, 0.1) is 0 Å². The fraction of sp³-hybridized carbons (Fsp3) is 0.900. The minimum Gasteiger partial charge on any atom is -0.411 e. The third-order valence-corrected chi connectivity index (χ3v) is 2.07. The van der Waals surface area contributed by atoms with E-state index >= 15 is 0 Å². The summed E-state index contributed by atoms with van der Waals surface area (Å²) in [6.45, 7) is 6.70. The first kappa shape index (κ1) is 11.5. The molecule has 0 spiro atoms. The minimum atomic E-state index is 0.652. The van der Waals surface area contributed by atoms with E-state index in [1.54, 1.807) is 6.21 Å². The van der Waals surface area contributed by atoms with Gasteiger partial charge >= 0.3 is 0 Å². The van der Waals surface area contributed by atoms with Gasteiger partial charge < -0.3 is 5.21 Å². The third-order valence-electron chi connectivity index (χ3n) is 2.07. The van der Waals surface area contributed by atoms with Crippen molar-refractivity contribution >= 4 is 6.21 Å². The molecule has 0 heterocycles. The standard InChI is InChI=1S/C10H21NO/c1-9(2)5-4-6-10(3)7-8-11-12/h8-10,12H,4-7H2,1-3H3/b11-8-/t10-/m1/s1. The Labute approximate surface area is 75.7 Å².